The lowest BCUT2D eigenvalue weighted by molar-refractivity contribution is 0.875. The smallest absolute Gasteiger partial charge is 0.0815 e. The highest BCUT2D eigenvalue weighted by Crippen LogP contribution is 2.46. The van der Waals surface area contributed by atoms with Gasteiger partial charge in [-0.05, 0) is 0 Å². The second-order valence-electron chi connectivity index (χ2n) is 7.86. The highest BCUT2D eigenvalue weighted by Gasteiger charge is 2.33. The van der Waals surface area contributed by atoms with Gasteiger partial charge in [0.2, 0.25) is 0 Å². The van der Waals surface area contributed by atoms with Crippen molar-refractivity contribution in [3.05, 3.63) is 127 Å². The van der Waals surface area contributed by atoms with Crippen LogP contribution in [0.2, 0.25) is 6.32 Å². The molecule has 0 heterocycles. The first kappa shape index (κ1) is 20.7. The van der Waals surface area contributed by atoms with Crippen molar-refractivity contribution in [1.82, 2.24) is 0 Å². The summed E-state index contributed by atoms with van der Waals surface area (Å²) in [6.07, 6.45) is 1.87. The Morgan fingerprint density at radius 1 is 0.586 bits per heavy atom. The molecule has 0 unspecified atom stereocenters. The number of hydrogen-bond acceptors (Lipinski definition) is 0. The minimum atomic E-state index is -1.34. The molecule has 1 heteroatoms. The van der Waals surface area contributed by atoms with E-state index in [9.17, 15) is 0 Å². The van der Waals surface area contributed by atoms with E-state index in [1.54, 1.807) is 0 Å². The topological polar surface area (TPSA) is 0 Å². The van der Waals surface area contributed by atoms with Crippen molar-refractivity contribution in [2.45, 2.75) is 26.1 Å². The van der Waals surface area contributed by atoms with Crippen LogP contribution in [-0.4, -0.2) is 6.15 Å². The van der Waals surface area contributed by atoms with Gasteiger partial charge in [-0.15, -0.1) is 19.7 Å². The molecule has 3 aromatic rings. The Morgan fingerprint density at radius 3 is 1.17 bits per heavy atom. The van der Waals surface area contributed by atoms with Crippen molar-refractivity contribution in [2.75, 3.05) is 0 Å². The molecular formula is C28H30B-. The molecule has 0 saturated heterocycles. The normalized spacial score (nSPS) is 11.1. The molecule has 0 aromatic heterocycles. The van der Waals surface area contributed by atoms with Gasteiger partial charge in [-0.25, -0.2) is 0 Å². The number of hydrogen-bond donors (Lipinski definition) is 0. The highest BCUT2D eigenvalue weighted by molar-refractivity contribution is 7.21. The maximum atomic E-state index is 4.65. The second-order valence-corrected chi connectivity index (χ2v) is 7.86. The van der Waals surface area contributed by atoms with Gasteiger partial charge in [0.15, 0.2) is 0 Å². The predicted octanol–water partition coefficient (Wildman–Crippen LogP) is 7.99. The maximum Gasteiger partial charge on any atom is 0.0815 e. The number of benzene rings is 3. The summed E-state index contributed by atoms with van der Waals surface area (Å²) in [6.45, 7) is 16.2. The van der Waals surface area contributed by atoms with Crippen LogP contribution in [0.25, 0.3) is 16.4 Å². The Kier molecular flexibility index (Phi) is 6.72. The fourth-order valence-corrected chi connectivity index (χ4v) is 4.47. The van der Waals surface area contributed by atoms with Gasteiger partial charge < -0.3 is 0 Å². The minimum absolute atomic E-state index is 0.992. The number of unbranched alkanes of at least 4 members (excludes halogenated alkanes) is 1. The van der Waals surface area contributed by atoms with Crippen LogP contribution in [0.15, 0.2) is 111 Å². The molecule has 0 aliphatic rings. The Labute approximate surface area is 176 Å². The predicted molar refractivity (Wildman–Crippen MR) is 132 cm³/mol. The highest BCUT2D eigenvalue weighted by atomic mass is 14.2. The maximum absolute atomic E-state index is 4.65. The summed E-state index contributed by atoms with van der Waals surface area (Å²) >= 11 is 0. The second kappa shape index (κ2) is 9.43. The van der Waals surface area contributed by atoms with Gasteiger partial charge in [-0.2, -0.15) is 22.7 Å². The van der Waals surface area contributed by atoms with E-state index in [1.165, 1.54) is 0 Å². The zero-order valence-corrected chi connectivity index (χ0v) is 17.5. The molecule has 0 bridgehead atoms. The fraction of sp³-hybridized carbons (Fsp3) is 0.143. The minimum Gasteiger partial charge on any atom is -0.200 e. The first-order chi connectivity index (χ1) is 14.1. The summed E-state index contributed by atoms with van der Waals surface area (Å²) in [5.74, 6) is 0. The molecule has 0 atom stereocenters. The van der Waals surface area contributed by atoms with Crippen LogP contribution in [0.4, 0.5) is 0 Å². The zero-order valence-electron chi connectivity index (χ0n) is 17.5. The third-order valence-corrected chi connectivity index (χ3v) is 6.21. The van der Waals surface area contributed by atoms with Gasteiger partial charge in [0.05, 0.1) is 6.15 Å². The van der Waals surface area contributed by atoms with Crippen molar-refractivity contribution >= 4 is 22.6 Å². The molecule has 0 aliphatic heterocycles. The molecule has 0 amide bonds. The largest absolute Gasteiger partial charge is 0.200 e. The third-order valence-electron chi connectivity index (χ3n) is 6.21. The summed E-state index contributed by atoms with van der Waals surface area (Å²) in [7, 11) is 0. The van der Waals surface area contributed by atoms with E-state index in [2.05, 4.69) is 118 Å². The van der Waals surface area contributed by atoms with Crippen LogP contribution >= 0.6 is 0 Å². The van der Waals surface area contributed by atoms with E-state index in [0.717, 1.165) is 52.3 Å². The van der Waals surface area contributed by atoms with E-state index in [0.29, 0.717) is 0 Å². The first-order valence-corrected chi connectivity index (χ1v) is 10.5. The van der Waals surface area contributed by atoms with Gasteiger partial charge in [0.1, 0.15) is 0 Å². The Morgan fingerprint density at radius 2 is 0.897 bits per heavy atom. The van der Waals surface area contributed by atoms with Crippen molar-refractivity contribution in [3.8, 4) is 0 Å². The average molecular weight is 377 g/mol. The third kappa shape index (κ3) is 4.20. The molecule has 0 saturated carbocycles. The molecule has 3 aromatic carbocycles. The van der Waals surface area contributed by atoms with Gasteiger partial charge in [-0.3, -0.25) is 0 Å². The summed E-state index contributed by atoms with van der Waals surface area (Å²) in [6, 6.07) is 31.6. The molecule has 0 nitrogen and oxygen atoms in total. The van der Waals surface area contributed by atoms with Gasteiger partial charge in [0.25, 0.3) is 0 Å². The fourth-order valence-electron chi connectivity index (χ4n) is 4.47. The molecule has 0 fully saturated rings. The summed E-state index contributed by atoms with van der Waals surface area (Å²) in [5.41, 5.74) is 6.87. The average Bonchev–Trinajstić information content (AvgIpc) is 2.80. The van der Waals surface area contributed by atoms with E-state index >= 15 is 0 Å². The van der Waals surface area contributed by atoms with Crippen LogP contribution in [0.5, 0.6) is 0 Å². The molecule has 0 spiro atoms. The summed E-state index contributed by atoms with van der Waals surface area (Å²) in [4.78, 5) is 0. The zero-order chi connectivity index (χ0) is 20.7. The lowest BCUT2D eigenvalue weighted by Crippen LogP contribution is -2.39. The Balaban J connectivity index is 2.22. The standard InChI is InChI=1S/C28H30B/c1-5-6-22-29(23(2)26-16-10-7-11-17-26,24(3)27-18-12-8-13-19-27)25(4)28-20-14-9-15-21-28/h7-21H,2-6,22H2,1H3/q-1. The van der Waals surface area contributed by atoms with Crippen molar-refractivity contribution in [3.63, 3.8) is 0 Å². The van der Waals surface area contributed by atoms with Crippen molar-refractivity contribution in [1.29, 1.82) is 0 Å². The molecule has 146 valence electrons. The molecule has 0 aliphatic carbocycles. The molecule has 0 N–H and O–H groups in total. The molecule has 29 heavy (non-hydrogen) atoms. The molecule has 0 radical (unpaired) electrons. The van der Waals surface area contributed by atoms with Crippen LogP contribution in [0, 0.1) is 0 Å². The molecule has 3 rings (SSSR count). The Bertz CT molecular complexity index is 843. The first-order valence-electron chi connectivity index (χ1n) is 10.5. The monoisotopic (exact) mass is 377 g/mol. The lowest BCUT2D eigenvalue weighted by atomic mass is 9.11. The van der Waals surface area contributed by atoms with E-state index < -0.39 is 6.15 Å². The van der Waals surface area contributed by atoms with Crippen LogP contribution < -0.4 is 0 Å². The SMILES string of the molecule is C=C(c1ccccc1)[B-](CCCC)(C(=C)c1ccccc1)C(=C)c1ccccc1. The van der Waals surface area contributed by atoms with E-state index in [-0.39, 0.29) is 0 Å². The van der Waals surface area contributed by atoms with E-state index in [1.807, 2.05) is 0 Å². The van der Waals surface area contributed by atoms with Crippen LogP contribution in [0.1, 0.15) is 36.5 Å². The van der Waals surface area contributed by atoms with Gasteiger partial charge in [-0.1, -0.05) is 127 Å². The van der Waals surface area contributed by atoms with Crippen molar-refractivity contribution in [2.24, 2.45) is 0 Å². The lowest BCUT2D eigenvalue weighted by Gasteiger charge is -2.48. The summed E-state index contributed by atoms with van der Waals surface area (Å²) < 4.78 is 0. The van der Waals surface area contributed by atoms with Crippen molar-refractivity contribution < 1.29 is 0 Å². The van der Waals surface area contributed by atoms with E-state index in [4.69, 9.17) is 0 Å². The molecular weight excluding hydrogens is 347 g/mol. The Hall–Kier alpha value is -3.06. The van der Waals surface area contributed by atoms with Crippen LogP contribution in [0.3, 0.4) is 0 Å². The quantitative estimate of drug-likeness (QED) is 0.331. The van der Waals surface area contributed by atoms with Gasteiger partial charge in [0, 0.05) is 0 Å². The van der Waals surface area contributed by atoms with Crippen LogP contribution in [-0.2, 0) is 0 Å². The van der Waals surface area contributed by atoms with Gasteiger partial charge >= 0.3 is 0 Å². The number of rotatable bonds is 9. The summed E-state index contributed by atoms with van der Waals surface area (Å²) in [5, 5.41) is 0.